The summed E-state index contributed by atoms with van der Waals surface area (Å²) in [5.41, 5.74) is 0.583. The van der Waals surface area contributed by atoms with Crippen LogP contribution in [0.2, 0.25) is 0 Å². The van der Waals surface area contributed by atoms with Gasteiger partial charge >= 0.3 is 0 Å². The van der Waals surface area contributed by atoms with Crippen molar-refractivity contribution in [3.05, 3.63) is 17.5 Å². The molecule has 0 spiro atoms. The lowest BCUT2D eigenvalue weighted by Gasteiger charge is -2.24. The molecule has 16 heavy (non-hydrogen) atoms. The zero-order valence-corrected chi connectivity index (χ0v) is 11.0. The van der Waals surface area contributed by atoms with Crippen LogP contribution in [0.25, 0.3) is 0 Å². The molecule has 1 saturated heterocycles. The molecular formula is C11H15BrN2O2. The Morgan fingerprint density at radius 2 is 2.50 bits per heavy atom. The van der Waals surface area contributed by atoms with E-state index in [0.717, 1.165) is 18.3 Å². The molecule has 0 N–H and O–H groups in total. The lowest BCUT2D eigenvalue weighted by Crippen LogP contribution is -2.38. The molecule has 1 fully saturated rings. The molecule has 0 aromatic carbocycles. The molecule has 1 aliphatic rings. The molecule has 2 unspecified atom stereocenters. The summed E-state index contributed by atoms with van der Waals surface area (Å²) in [6.45, 7) is 4.77. The van der Waals surface area contributed by atoms with E-state index in [9.17, 15) is 4.79 Å². The molecule has 5 heteroatoms. The van der Waals surface area contributed by atoms with E-state index >= 15 is 0 Å². The van der Waals surface area contributed by atoms with Crippen molar-refractivity contribution in [1.82, 2.24) is 10.1 Å². The van der Waals surface area contributed by atoms with Crippen molar-refractivity contribution >= 4 is 21.8 Å². The monoisotopic (exact) mass is 286 g/mol. The van der Waals surface area contributed by atoms with Gasteiger partial charge in [-0.1, -0.05) is 28.0 Å². The van der Waals surface area contributed by atoms with Crippen LogP contribution in [0.15, 0.2) is 10.7 Å². The van der Waals surface area contributed by atoms with Crippen LogP contribution in [-0.4, -0.2) is 33.9 Å². The number of nitrogens with zero attached hydrogens (tertiary/aromatic N) is 2. The van der Waals surface area contributed by atoms with Gasteiger partial charge in [0, 0.05) is 17.9 Å². The normalized spacial score (nSPS) is 25.1. The smallest absolute Gasteiger partial charge is 0.259 e. The number of halogens is 1. The number of carbonyl (C=O) groups is 1. The molecule has 0 radical (unpaired) electrons. The number of carbonyl (C=O) groups excluding carboxylic acids is 1. The molecular weight excluding hydrogens is 272 g/mol. The Morgan fingerprint density at radius 1 is 1.75 bits per heavy atom. The topological polar surface area (TPSA) is 46.3 Å². The molecule has 2 rings (SSSR count). The van der Waals surface area contributed by atoms with E-state index in [1.807, 2.05) is 4.90 Å². The molecule has 0 saturated carbocycles. The van der Waals surface area contributed by atoms with Crippen LogP contribution in [0.4, 0.5) is 0 Å². The fraction of sp³-hybridized carbons (Fsp3) is 0.636. The maximum Gasteiger partial charge on any atom is 0.259 e. The summed E-state index contributed by atoms with van der Waals surface area (Å²) in [6, 6.07) is 0.279. The van der Waals surface area contributed by atoms with Crippen LogP contribution >= 0.6 is 15.9 Å². The number of amides is 1. The van der Waals surface area contributed by atoms with Crippen molar-refractivity contribution < 1.29 is 9.32 Å². The zero-order valence-electron chi connectivity index (χ0n) is 9.44. The number of likely N-dealkylation sites (tertiary alicyclic amines) is 1. The number of aromatic nitrogens is 1. The quantitative estimate of drug-likeness (QED) is 0.784. The maximum absolute atomic E-state index is 12.2. The third kappa shape index (κ3) is 1.88. The Bertz CT molecular complexity index is 391. The molecule has 2 heterocycles. The second-order valence-electron chi connectivity index (χ2n) is 4.28. The standard InChI is InChI=1S/C11H15BrN2O2/c1-7-3-4-14(10(7)5-12)11(15)9-6-13-16-8(9)2/h6-7,10H,3-5H2,1-2H3. The highest BCUT2D eigenvalue weighted by molar-refractivity contribution is 9.09. The first-order chi connectivity index (χ1) is 7.65. The van der Waals surface area contributed by atoms with Gasteiger partial charge in [-0.25, -0.2) is 0 Å². The van der Waals surface area contributed by atoms with E-state index in [4.69, 9.17) is 4.52 Å². The number of aryl methyl sites for hydroxylation is 1. The van der Waals surface area contributed by atoms with Crippen LogP contribution < -0.4 is 0 Å². The highest BCUT2D eigenvalue weighted by atomic mass is 79.9. The second-order valence-corrected chi connectivity index (χ2v) is 4.93. The van der Waals surface area contributed by atoms with Crippen molar-refractivity contribution in [2.24, 2.45) is 5.92 Å². The van der Waals surface area contributed by atoms with Gasteiger partial charge in [-0.3, -0.25) is 4.79 Å². The molecule has 0 bridgehead atoms. The predicted octanol–water partition coefficient (Wildman–Crippen LogP) is 2.23. The molecule has 2 atom stereocenters. The van der Waals surface area contributed by atoms with Crippen molar-refractivity contribution in [1.29, 1.82) is 0 Å². The van der Waals surface area contributed by atoms with Gasteiger partial charge in [0.05, 0.1) is 6.20 Å². The van der Waals surface area contributed by atoms with E-state index in [0.29, 0.717) is 17.2 Å². The van der Waals surface area contributed by atoms with E-state index < -0.39 is 0 Å². The average molecular weight is 287 g/mol. The maximum atomic E-state index is 12.2. The summed E-state index contributed by atoms with van der Waals surface area (Å²) >= 11 is 3.47. The Labute approximate surface area is 103 Å². The first-order valence-corrected chi connectivity index (χ1v) is 6.55. The van der Waals surface area contributed by atoms with Crippen LogP contribution in [0.1, 0.15) is 29.5 Å². The van der Waals surface area contributed by atoms with Gasteiger partial charge in [0.1, 0.15) is 11.3 Å². The predicted molar refractivity (Wildman–Crippen MR) is 63.6 cm³/mol. The van der Waals surface area contributed by atoms with Gasteiger partial charge in [0.25, 0.3) is 5.91 Å². The van der Waals surface area contributed by atoms with Gasteiger partial charge < -0.3 is 9.42 Å². The van der Waals surface area contributed by atoms with Gasteiger partial charge in [-0.15, -0.1) is 0 Å². The Kier molecular flexibility index (Phi) is 3.33. The van der Waals surface area contributed by atoms with Crippen LogP contribution in [-0.2, 0) is 0 Å². The summed E-state index contributed by atoms with van der Waals surface area (Å²) in [5.74, 6) is 1.17. The summed E-state index contributed by atoms with van der Waals surface area (Å²) in [5, 5.41) is 4.47. The van der Waals surface area contributed by atoms with Crippen molar-refractivity contribution in [2.45, 2.75) is 26.3 Å². The fourth-order valence-corrected chi connectivity index (χ4v) is 3.14. The minimum Gasteiger partial charge on any atom is -0.361 e. The molecule has 1 aromatic rings. The Balaban J connectivity index is 2.20. The van der Waals surface area contributed by atoms with Crippen LogP contribution in [0.3, 0.4) is 0 Å². The largest absolute Gasteiger partial charge is 0.361 e. The molecule has 1 aliphatic heterocycles. The summed E-state index contributed by atoms with van der Waals surface area (Å²) in [6.07, 6.45) is 2.57. The van der Waals surface area contributed by atoms with Gasteiger partial charge in [-0.05, 0) is 19.3 Å². The van der Waals surface area contributed by atoms with Crippen molar-refractivity contribution in [3.8, 4) is 0 Å². The van der Waals surface area contributed by atoms with Gasteiger partial charge in [0.15, 0.2) is 0 Å². The summed E-state index contributed by atoms with van der Waals surface area (Å²) in [7, 11) is 0. The van der Waals surface area contributed by atoms with E-state index in [1.165, 1.54) is 6.20 Å². The molecule has 88 valence electrons. The molecule has 1 aromatic heterocycles. The van der Waals surface area contributed by atoms with Crippen molar-refractivity contribution in [2.75, 3.05) is 11.9 Å². The first kappa shape index (κ1) is 11.6. The average Bonchev–Trinajstić information content (AvgIpc) is 2.83. The number of hydrogen-bond acceptors (Lipinski definition) is 3. The summed E-state index contributed by atoms with van der Waals surface area (Å²) < 4.78 is 4.93. The second kappa shape index (κ2) is 4.57. The lowest BCUT2D eigenvalue weighted by molar-refractivity contribution is 0.0737. The molecule has 4 nitrogen and oxygen atoms in total. The van der Waals surface area contributed by atoms with E-state index in [1.54, 1.807) is 6.92 Å². The van der Waals surface area contributed by atoms with Crippen LogP contribution in [0.5, 0.6) is 0 Å². The van der Waals surface area contributed by atoms with Crippen molar-refractivity contribution in [3.63, 3.8) is 0 Å². The lowest BCUT2D eigenvalue weighted by atomic mass is 10.0. The van der Waals surface area contributed by atoms with Gasteiger partial charge in [-0.2, -0.15) is 0 Å². The molecule has 0 aliphatic carbocycles. The number of hydrogen-bond donors (Lipinski definition) is 0. The highest BCUT2D eigenvalue weighted by Gasteiger charge is 2.35. The van der Waals surface area contributed by atoms with E-state index in [2.05, 4.69) is 28.0 Å². The molecule has 1 amide bonds. The summed E-state index contributed by atoms with van der Waals surface area (Å²) in [4.78, 5) is 14.2. The third-order valence-electron chi connectivity index (χ3n) is 3.28. The fourth-order valence-electron chi connectivity index (χ4n) is 2.15. The Hall–Kier alpha value is -0.840. The first-order valence-electron chi connectivity index (χ1n) is 5.43. The minimum absolute atomic E-state index is 0.0348. The minimum atomic E-state index is 0.0348. The number of alkyl halides is 1. The van der Waals surface area contributed by atoms with Crippen LogP contribution in [0, 0.1) is 12.8 Å². The Morgan fingerprint density at radius 3 is 3.06 bits per heavy atom. The highest BCUT2D eigenvalue weighted by Crippen LogP contribution is 2.27. The number of rotatable bonds is 2. The SMILES string of the molecule is Cc1oncc1C(=O)N1CCC(C)C1CBr. The zero-order chi connectivity index (χ0) is 11.7. The van der Waals surface area contributed by atoms with Gasteiger partial charge in [0.2, 0.25) is 0 Å². The van der Waals surface area contributed by atoms with E-state index in [-0.39, 0.29) is 11.9 Å². The third-order valence-corrected chi connectivity index (χ3v) is 3.95.